The smallest absolute Gasteiger partial charge is 0.270 e. The maximum absolute atomic E-state index is 12.6. The molecule has 4 rings (SSSR count). The highest BCUT2D eigenvalue weighted by Crippen LogP contribution is 2.27. The van der Waals surface area contributed by atoms with Gasteiger partial charge in [0.05, 0.1) is 0 Å². The van der Waals surface area contributed by atoms with Crippen molar-refractivity contribution in [3.63, 3.8) is 0 Å². The van der Waals surface area contributed by atoms with Crippen LogP contribution >= 0.6 is 12.4 Å². The van der Waals surface area contributed by atoms with E-state index in [4.69, 9.17) is 0 Å². The summed E-state index contributed by atoms with van der Waals surface area (Å²) >= 11 is 0. The molecule has 0 spiro atoms. The van der Waals surface area contributed by atoms with Crippen molar-refractivity contribution < 1.29 is 4.79 Å². The lowest BCUT2D eigenvalue weighted by molar-refractivity contribution is 0.0908. The largest absolute Gasteiger partial charge is 0.346 e. The molecule has 2 aromatic carbocycles. The van der Waals surface area contributed by atoms with Gasteiger partial charge in [-0.3, -0.25) is 9.78 Å². The van der Waals surface area contributed by atoms with Crippen molar-refractivity contribution in [1.82, 2.24) is 15.6 Å². The number of rotatable bonds is 5. The third-order valence-corrected chi connectivity index (χ3v) is 5.73. The highest BCUT2D eigenvalue weighted by molar-refractivity contribution is 5.92. The zero-order valence-electron chi connectivity index (χ0n) is 16.7. The minimum absolute atomic E-state index is 0. The molecule has 5 heteroatoms. The van der Waals surface area contributed by atoms with Crippen LogP contribution in [0.5, 0.6) is 0 Å². The van der Waals surface area contributed by atoms with Gasteiger partial charge in [0.1, 0.15) is 5.69 Å². The molecule has 1 aromatic heterocycles. The van der Waals surface area contributed by atoms with Gasteiger partial charge in [0.15, 0.2) is 0 Å². The number of benzene rings is 2. The summed E-state index contributed by atoms with van der Waals surface area (Å²) in [7, 11) is 0. The molecule has 3 atom stereocenters. The fourth-order valence-corrected chi connectivity index (χ4v) is 4.28. The molecule has 0 radical (unpaired) electrons. The fourth-order valence-electron chi connectivity index (χ4n) is 4.28. The molecule has 29 heavy (non-hydrogen) atoms. The Kier molecular flexibility index (Phi) is 7.24. The van der Waals surface area contributed by atoms with Gasteiger partial charge in [-0.2, -0.15) is 0 Å². The molecule has 0 bridgehead atoms. The zero-order valence-corrected chi connectivity index (χ0v) is 17.5. The van der Waals surface area contributed by atoms with E-state index in [2.05, 4.69) is 65.0 Å². The number of halogens is 1. The molecule has 1 aliphatic carbocycles. The summed E-state index contributed by atoms with van der Waals surface area (Å²) in [5.74, 6) is -0.0860. The maximum Gasteiger partial charge on any atom is 0.270 e. The first kappa shape index (κ1) is 21.3. The lowest BCUT2D eigenvalue weighted by atomic mass is 9.88. The molecule has 1 unspecified atom stereocenters. The summed E-state index contributed by atoms with van der Waals surface area (Å²) in [6, 6.07) is 21.0. The molecule has 1 fully saturated rings. The third kappa shape index (κ3) is 4.95. The molecule has 1 heterocycles. The number of carbonyl (C=O) groups excluding carboxylic acids is 1. The lowest BCUT2D eigenvalue weighted by Gasteiger charge is -2.35. The average molecular weight is 410 g/mol. The van der Waals surface area contributed by atoms with Crippen molar-refractivity contribution in [3.8, 4) is 0 Å². The second kappa shape index (κ2) is 9.86. The summed E-state index contributed by atoms with van der Waals surface area (Å²) in [5.41, 5.74) is 1.78. The van der Waals surface area contributed by atoms with Crippen molar-refractivity contribution in [3.05, 3.63) is 78.1 Å². The van der Waals surface area contributed by atoms with Crippen LogP contribution in [-0.4, -0.2) is 23.0 Å². The summed E-state index contributed by atoms with van der Waals surface area (Å²) in [6.07, 6.45) is 6.07. The Hall–Kier alpha value is -2.43. The SMILES string of the molecule is CC(N[C@@H]1CCCC[C@H]1NC(=O)c1ccccn1)c1cccc2ccccc12.Cl. The number of pyridine rings is 1. The summed E-state index contributed by atoms with van der Waals surface area (Å²) in [6.45, 7) is 2.22. The molecular weight excluding hydrogens is 382 g/mol. The topological polar surface area (TPSA) is 54.0 Å². The van der Waals surface area contributed by atoms with E-state index < -0.39 is 0 Å². The van der Waals surface area contributed by atoms with E-state index in [0.29, 0.717) is 5.69 Å². The maximum atomic E-state index is 12.6. The predicted molar refractivity (Wildman–Crippen MR) is 120 cm³/mol. The Balaban J connectivity index is 0.00000240. The van der Waals surface area contributed by atoms with Crippen LogP contribution in [0.2, 0.25) is 0 Å². The molecular formula is C24H28ClN3O. The Labute approximate surface area is 178 Å². The first-order valence-electron chi connectivity index (χ1n) is 10.2. The Bertz CT molecular complexity index is 942. The number of amides is 1. The van der Waals surface area contributed by atoms with Gasteiger partial charge in [-0.15, -0.1) is 12.4 Å². The molecule has 1 aliphatic rings. The average Bonchev–Trinajstić information content (AvgIpc) is 2.75. The number of aromatic nitrogens is 1. The number of hydrogen-bond acceptors (Lipinski definition) is 3. The Morgan fingerprint density at radius 3 is 2.48 bits per heavy atom. The van der Waals surface area contributed by atoms with E-state index in [1.807, 2.05) is 12.1 Å². The molecule has 4 nitrogen and oxygen atoms in total. The van der Waals surface area contributed by atoms with Gasteiger partial charge in [0.25, 0.3) is 5.91 Å². The van der Waals surface area contributed by atoms with Crippen LogP contribution in [0.4, 0.5) is 0 Å². The molecule has 3 aromatic rings. The number of nitrogens with zero attached hydrogens (tertiary/aromatic N) is 1. The van der Waals surface area contributed by atoms with E-state index >= 15 is 0 Å². The molecule has 2 N–H and O–H groups in total. The van der Waals surface area contributed by atoms with Crippen LogP contribution in [0.25, 0.3) is 10.8 Å². The minimum atomic E-state index is -0.0860. The van der Waals surface area contributed by atoms with Crippen LogP contribution in [0.1, 0.15) is 54.7 Å². The van der Waals surface area contributed by atoms with Gasteiger partial charge < -0.3 is 10.6 Å². The van der Waals surface area contributed by atoms with Crippen molar-refractivity contribution in [1.29, 1.82) is 0 Å². The van der Waals surface area contributed by atoms with Gasteiger partial charge in [0.2, 0.25) is 0 Å². The van der Waals surface area contributed by atoms with Crippen LogP contribution < -0.4 is 10.6 Å². The Morgan fingerprint density at radius 2 is 1.69 bits per heavy atom. The number of hydrogen-bond donors (Lipinski definition) is 2. The minimum Gasteiger partial charge on any atom is -0.346 e. The molecule has 152 valence electrons. The summed E-state index contributed by atoms with van der Waals surface area (Å²) in [5, 5.41) is 9.56. The highest BCUT2D eigenvalue weighted by atomic mass is 35.5. The van der Waals surface area contributed by atoms with E-state index in [0.717, 1.165) is 19.3 Å². The van der Waals surface area contributed by atoms with E-state index in [1.54, 1.807) is 12.3 Å². The van der Waals surface area contributed by atoms with Crippen LogP contribution in [0.3, 0.4) is 0 Å². The first-order valence-corrected chi connectivity index (χ1v) is 10.2. The summed E-state index contributed by atoms with van der Waals surface area (Å²) < 4.78 is 0. The van der Waals surface area contributed by atoms with Crippen molar-refractivity contribution in [2.24, 2.45) is 0 Å². The van der Waals surface area contributed by atoms with E-state index in [-0.39, 0.29) is 36.4 Å². The molecule has 0 aliphatic heterocycles. The van der Waals surface area contributed by atoms with Gasteiger partial charge >= 0.3 is 0 Å². The standard InChI is InChI=1S/C24H27N3O.ClH/c1-17(19-12-8-10-18-9-2-3-11-20(18)19)26-21-13-4-5-14-22(21)27-24(28)23-15-6-7-16-25-23;/h2-3,6-12,15-17,21-22,26H,4-5,13-14H2,1H3,(H,27,28);1H/t17?,21-,22-;/m1./s1. The zero-order chi connectivity index (χ0) is 19.3. The number of carbonyl (C=O) groups is 1. The highest BCUT2D eigenvalue weighted by Gasteiger charge is 2.28. The first-order chi connectivity index (χ1) is 13.7. The van der Waals surface area contributed by atoms with Crippen LogP contribution in [0.15, 0.2) is 66.9 Å². The quantitative estimate of drug-likeness (QED) is 0.620. The van der Waals surface area contributed by atoms with Crippen LogP contribution in [-0.2, 0) is 0 Å². The lowest BCUT2D eigenvalue weighted by Crippen LogP contribution is -2.52. The van der Waals surface area contributed by atoms with Gasteiger partial charge in [-0.05, 0) is 48.2 Å². The van der Waals surface area contributed by atoms with Gasteiger partial charge in [-0.1, -0.05) is 61.4 Å². The second-order valence-electron chi connectivity index (χ2n) is 7.64. The van der Waals surface area contributed by atoms with E-state index in [1.165, 1.54) is 22.8 Å². The molecule has 1 saturated carbocycles. The van der Waals surface area contributed by atoms with E-state index in [9.17, 15) is 4.79 Å². The number of fused-ring (bicyclic) bond motifs is 1. The van der Waals surface area contributed by atoms with Crippen molar-refractivity contribution in [2.75, 3.05) is 0 Å². The monoisotopic (exact) mass is 409 g/mol. The van der Waals surface area contributed by atoms with Gasteiger partial charge in [-0.25, -0.2) is 0 Å². The third-order valence-electron chi connectivity index (χ3n) is 5.73. The Morgan fingerprint density at radius 1 is 0.966 bits per heavy atom. The van der Waals surface area contributed by atoms with Crippen molar-refractivity contribution >= 4 is 29.1 Å². The molecule has 1 amide bonds. The summed E-state index contributed by atoms with van der Waals surface area (Å²) in [4.78, 5) is 16.8. The number of nitrogens with one attached hydrogen (secondary N) is 2. The van der Waals surface area contributed by atoms with Crippen LogP contribution in [0, 0.1) is 0 Å². The predicted octanol–water partition coefficient (Wildman–Crippen LogP) is 5.05. The van der Waals surface area contributed by atoms with Crippen molar-refractivity contribution in [2.45, 2.75) is 50.7 Å². The fraction of sp³-hybridized carbons (Fsp3) is 0.333. The van der Waals surface area contributed by atoms with Gasteiger partial charge in [0, 0.05) is 24.3 Å². The normalized spacial score (nSPS) is 19.9. The second-order valence-corrected chi connectivity index (χ2v) is 7.64. The molecule has 0 saturated heterocycles.